The first-order chi connectivity index (χ1) is 8.58. The molecule has 7 nitrogen and oxygen atoms in total. The highest BCUT2D eigenvalue weighted by Crippen LogP contribution is 2.21. The summed E-state index contributed by atoms with van der Waals surface area (Å²) in [5.74, 6) is 0.265. The molecule has 0 radical (unpaired) electrons. The number of urea groups is 2. The van der Waals surface area contributed by atoms with E-state index in [1.807, 2.05) is 6.92 Å². The smallest absolute Gasteiger partial charge is 0.335 e. The number of rotatable bonds is 6. The predicted octanol–water partition coefficient (Wildman–Crippen LogP) is 1.24. The highest BCUT2D eigenvalue weighted by molar-refractivity contribution is 5.97. The van der Waals surface area contributed by atoms with Crippen LogP contribution in [0, 0.1) is 0 Å². The third kappa shape index (κ3) is 2.62. The van der Waals surface area contributed by atoms with Crippen molar-refractivity contribution in [3.63, 3.8) is 0 Å². The summed E-state index contributed by atoms with van der Waals surface area (Å²) in [7, 11) is 2.95. The SMILES string of the molecule is C=C1N(COC)C(=O)N(CCC)C(=O)N1COC. The van der Waals surface area contributed by atoms with E-state index in [9.17, 15) is 9.59 Å². The molecule has 7 heteroatoms. The Morgan fingerprint density at radius 3 is 1.78 bits per heavy atom. The van der Waals surface area contributed by atoms with E-state index in [4.69, 9.17) is 9.47 Å². The fraction of sp³-hybridized carbons (Fsp3) is 0.636. The summed E-state index contributed by atoms with van der Waals surface area (Å²) in [5.41, 5.74) is 0. The number of imide groups is 1. The van der Waals surface area contributed by atoms with Crippen LogP contribution in [-0.2, 0) is 9.47 Å². The van der Waals surface area contributed by atoms with E-state index in [1.165, 1.54) is 24.0 Å². The van der Waals surface area contributed by atoms with E-state index >= 15 is 0 Å². The number of carbonyl (C=O) groups excluding carboxylic acids is 2. The molecule has 1 heterocycles. The molecular formula is C11H19N3O4. The number of ether oxygens (including phenoxy) is 2. The van der Waals surface area contributed by atoms with E-state index in [-0.39, 0.29) is 19.3 Å². The molecule has 1 fully saturated rings. The molecule has 1 aliphatic heterocycles. The lowest BCUT2D eigenvalue weighted by Crippen LogP contribution is -2.59. The van der Waals surface area contributed by atoms with Gasteiger partial charge in [-0.3, -0.25) is 9.80 Å². The maximum absolute atomic E-state index is 12.1. The summed E-state index contributed by atoms with van der Waals surface area (Å²) in [4.78, 5) is 28.0. The Labute approximate surface area is 107 Å². The Balaban J connectivity index is 2.98. The molecule has 0 aromatic rings. The molecule has 0 N–H and O–H groups in total. The van der Waals surface area contributed by atoms with Crippen LogP contribution in [0.4, 0.5) is 9.59 Å². The third-order valence-electron chi connectivity index (χ3n) is 2.51. The average Bonchev–Trinajstić information content (AvgIpc) is 2.35. The zero-order valence-electron chi connectivity index (χ0n) is 11.0. The van der Waals surface area contributed by atoms with E-state index in [0.29, 0.717) is 13.0 Å². The molecule has 1 saturated heterocycles. The maximum Gasteiger partial charge on any atom is 0.335 e. The number of hydrogen-bond acceptors (Lipinski definition) is 4. The van der Waals surface area contributed by atoms with Gasteiger partial charge in [0, 0.05) is 20.8 Å². The van der Waals surface area contributed by atoms with Crippen LogP contribution in [0.15, 0.2) is 12.4 Å². The van der Waals surface area contributed by atoms with Crippen molar-refractivity contribution in [2.75, 3.05) is 34.2 Å². The molecule has 0 bridgehead atoms. The van der Waals surface area contributed by atoms with Gasteiger partial charge in [-0.1, -0.05) is 13.5 Å². The lowest BCUT2D eigenvalue weighted by molar-refractivity contribution is 0.0205. The van der Waals surface area contributed by atoms with E-state index in [2.05, 4.69) is 6.58 Å². The number of amides is 4. The Kier molecular flexibility index (Phi) is 5.11. The zero-order chi connectivity index (χ0) is 13.7. The van der Waals surface area contributed by atoms with Crippen LogP contribution >= 0.6 is 0 Å². The predicted molar refractivity (Wildman–Crippen MR) is 64.4 cm³/mol. The molecule has 1 rings (SSSR count). The molecule has 0 aromatic carbocycles. The lowest BCUT2D eigenvalue weighted by atomic mass is 10.4. The maximum atomic E-state index is 12.1. The van der Waals surface area contributed by atoms with Crippen LogP contribution in [-0.4, -0.2) is 61.0 Å². The van der Waals surface area contributed by atoms with Gasteiger partial charge in [-0.15, -0.1) is 0 Å². The Morgan fingerprint density at radius 1 is 1.00 bits per heavy atom. The second-order valence-electron chi connectivity index (χ2n) is 3.82. The minimum Gasteiger partial charge on any atom is -0.364 e. The topological polar surface area (TPSA) is 62.3 Å². The van der Waals surface area contributed by atoms with Crippen molar-refractivity contribution in [3.05, 3.63) is 12.4 Å². The molecule has 18 heavy (non-hydrogen) atoms. The van der Waals surface area contributed by atoms with E-state index in [0.717, 1.165) is 4.90 Å². The third-order valence-corrected chi connectivity index (χ3v) is 2.51. The largest absolute Gasteiger partial charge is 0.364 e. The number of methoxy groups -OCH3 is 2. The monoisotopic (exact) mass is 257 g/mol. The average molecular weight is 257 g/mol. The highest BCUT2D eigenvalue weighted by Gasteiger charge is 2.39. The standard InChI is InChI=1S/C11H19N3O4/c1-5-6-12-10(15)13(7-17-3)9(2)14(8-18-4)11(12)16/h2,5-8H2,1,3-4H3. The molecule has 0 spiro atoms. The zero-order valence-corrected chi connectivity index (χ0v) is 11.0. The quantitative estimate of drug-likeness (QED) is 0.718. The van der Waals surface area contributed by atoms with Gasteiger partial charge in [0.05, 0.1) is 0 Å². The fourth-order valence-electron chi connectivity index (χ4n) is 1.67. The molecule has 102 valence electrons. The first-order valence-corrected chi connectivity index (χ1v) is 5.65. The van der Waals surface area contributed by atoms with Crippen LogP contribution in [0.2, 0.25) is 0 Å². The van der Waals surface area contributed by atoms with Crippen molar-refractivity contribution in [2.45, 2.75) is 13.3 Å². The van der Waals surface area contributed by atoms with Gasteiger partial charge < -0.3 is 9.47 Å². The van der Waals surface area contributed by atoms with Crippen molar-refractivity contribution in [1.29, 1.82) is 0 Å². The summed E-state index contributed by atoms with van der Waals surface area (Å²) < 4.78 is 9.90. The van der Waals surface area contributed by atoms with Crippen LogP contribution in [0.25, 0.3) is 0 Å². The molecule has 0 unspecified atom stereocenters. The molecule has 0 aromatic heterocycles. The minimum atomic E-state index is -0.416. The second-order valence-corrected chi connectivity index (χ2v) is 3.82. The molecule has 0 aliphatic carbocycles. The molecule has 0 atom stereocenters. The number of hydrogen-bond donors (Lipinski definition) is 0. The first kappa shape index (κ1) is 14.5. The van der Waals surface area contributed by atoms with Crippen molar-refractivity contribution in [3.8, 4) is 0 Å². The van der Waals surface area contributed by atoms with Gasteiger partial charge in [-0.05, 0) is 6.42 Å². The molecule has 0 saturated carbocycles. The van der Waals surface area contributed by atoms with Crippen molar-refractivity contribution >= 4 is 12.1 Å². The molecular weight excluding hydrogens is 238 g/mol. The minimum absolute atomic E-state index is 0.0470. The number of carbonyl (C=O) groups is 2. The molecule has 1 aliphatic rings. The Morgan fingerprint density at radius 2 is 1.44 bits per heavy atom. The van der Waals surface area contributed by atoms with Gasteiger partial charge in [0.15, 0.2) is 0 Å². The van der Waals surface area contributed by atoms with Crippen LogP contribution in [0.5, 0.6) is 0 Å². The second kappa shape index (κ2) is 6.36. The van der Waals surface area contributed by atoms with Crippen molar-refractivity contribution < 1.29 is 19.1 Å². The first-order valence-electron chi connectivity index (χ1n) is 5.65. The fourth-order valence-corrected chi connectivity index (χ4v) is 1.67. The van der Waals surface area contributed by atoms with Crippen LogP contribution < -0.4 is 0 Å². The summed E-state index contributed by atoms with van der Waals surface area (Å²) in [6.45, 7) is 6.07. The van der Waals surface area contributed by atoms with Gasteiger partial charge in [0.25, 0.3) is 0 Å². The van der Waals surface area contributed by atoms with E-state index < -0.39 is 12.1 Å². The van der Waals surface area contributed by atoms with Gasteiger partial charge in [0.2, 0.25) is 0 Å². The number of nitrogens with zero attached hydrogens (tertiary/aromatic N) is 3. The van der Waals surface area contributed by atoms with Crippen molar-refractivity contribution in [1.82, 2.24) is 14.7 Å². The van der Waals surface area contributed by atoms with Gasteiger partial charge in [-0.2, -0.15) is 0 Å². The lowest BCUT2D eigenvalue weighted by Gasteiger charge is -2.41. The summed E-state index contributed by atoms with van der Waals surface area (Å²) >= 11 is 0. The summed E-state index contributed by atoms with van der Waals surface area (Å²) in [6.07, 6.45) is 0.686. The van der Waals surface area contributed by atoms with Crippen molar-refractivity contribution in [2.24, 2.45) is 0 Å². The Hall–Kier alpha value is -1.60. The summed E-state index contributed by atoms with van der Waals surface area (Å²) in [5, 5.41) is 0. The highest BCUT2D eigenvalue weighted by atomic mass is 16.5. The van der Waals surface area contributed by atoms with Gasteiger partial charge in [0.1, 0.15) is 19.3 Å². The van der Waals surface area contributed by atoms with Crippen LogP contribution in [0.3, 0.4) is 0 Å². The van der Waals surface area contributed by atoms with Gasteiger partial charge in [-0.25, -0.2) is 14.5 Å². The van der Waals surface area contributed by atoms with E-state index in [1.54, 1.807) is 0 Å². The molecule has 4 amide bonds. The van der Waals surface area contributed by atoms with Gasteiger partial charge >= 0.3 is 12.1 Å². The van der Waals surface area contributed by atoms with Crippen LogP contribution in [0.1, 0.15) is 13.3 Å². The normalized spacial score (nSPS) is 16.8. The Bertz CT molecular complexity index is 275. The summed E-state index contributed by atoms with van der Waals surface area (Å²) in [6, 6.07) is -0.831.